The monoisotopic (exact) mass is 474 g/mol. The molecule has 1 aliphatic heterocycles. The molecular formula is C28H30N2O5. The summed E-state index contributed by atoms with van der Waals surface area (Å²) >= 11 is 0. The number of ether oxygens (including phenoxy) is 2. The van der Waals surface area contributed by atoms with Crippen LogP contribution in [0, 0.1) is 0 Å². The lowest BCUT2D eigenvalue weighted by Gasteiger charge is -2.40. The molecule has 1 saturated heterocycles. The molecule has 1 atom stereocenters. The van der Waals surface area contributed by atoms with Gasteiger partial charge in [0.1, 0.15) is 12.4 Å². The Morgan fingerprint density at radius 3 is 2.14 bits per heavy atom. The van der Waals surface area contributed by atoms with E-state index in [-0.39, 0.29) is 19.3 Å². The fourth-order valence-electron chi connectivity index (χ4n) is 4.25. The number of hydrogen-bond donors (Lipinski definition) is 1. The van der Waals surface area contributed by atoms with Gasteiger partial charge in [-0.05, 0) is 35.2 Å². The van der Waals surface area contributed by atoms with E-state index in [9.17, 15) is 14.7 Å². The minimum absolute atomic E-state index is 0.135. The minimum atomic E-state index is -0.886. The van der Waals surface area contributed by atoms with Crippen molar-refractivity contribution in [2.75, 3.05) is 26.2 Å². The van der Waals surface area contributed by atoms with Gasteiger partial charge in [-0.3, -0.25) is 4.90 Å². The van der Waals surface area contributed by atoms with E-state index in [1.807, 2.05) is 60.7 Å². The zero-order chi connectivity index (χ0) is 24.5. The smallest absolute Gasteiger partial charge is 0.407 e. The summed E-state index contributed by atoms with van der Waals surface area (Å²) in [6, 6.07) is 27.0. The number of benzene rings is 3. The molecule has 1 heterocycles. The van der Waals surface area contributed by atoms with Crippen LogP contribution in [0.3, 0.4) is 0 Å². The number of carbonyl (C=O) groups excluding carboxylic acids is 1. The number of rotatable bonds is 9. The minimum Gasteiger partial charge on any atom is -0.482 e. The Morgan fingerprint density at radius 1 is 0.829 bits per heavy atom. The van der Waals surface area contributed by atoms with E-state index in [2.05, 4.69) is 17.0 Å². The van der Waals surface area contributed by atoms with Crippen molar-refractivity contribution < 1.29 is 24.2 Å². The molecule has 0 saturated carbocycles. The third-order valence-electron chi connectivity index (χ3n) is 6.06. The Morgan fingerprint density at radius 2 is 1.49 bits per heavy atom. The van der Waals surface area contributed by atoms with E-state index in [0.717, 1.165) is 17.7 Å². The molecule has 0 unspecified atom stereocenters. The van der Waals surface area contributed by atoms with Crippen LogP contribution in [0.2, 0.25) is 0 Å². The lowest BCUT2D eigenvalue weighted by atomic mass is 10.0. The molecule has 1 fully saturated rings. The second-order valence-electron chi connectivity index (χ2n) is 8.63. The predicted molar refractivity (Wildman–Crippen MR) is 132 cm³/mol. The van der Waals surface area contributed by atoms with Crippen molar-refractivity contribution in [1.29, 1.82) is 0 Å². The molecular weight excluding hydrogens is 444 g/mol. The van der Waals surface area contributed by atoms with E-state index in [0.29, 0.717) is 31.8 Å². The van der Waals surface area contributed by atoms with Crippen LogP contribution in [0.25, 0.3) is 0 Å². The van der Waals surface area contributed by atoms with Gasteiger partial charge in [0, 0.05) is 26.2 Å². The van der Waals surface area contributed by atoms with Crippen molar-refractivity contribution >= 4 is 12.1 Å². The van der Waals surface area contributed by atoms with Crippen LogP contribution >= 0.6 is 0 Å². The molecule has 1 amide bonds. The highest BCUT2D eigenvalue weighted by molar-refractivity contribution is 5.71. The molecule has 1 aliphatic rings. The number of esters is 1. The van der Waals surface area contributed by atoms with Gasteiger partial charge in [-0.25, -0.2) is 9.59 Å². The molecule has 4 rings (SSSR count). The number of carboxylic acid groups (broad SMARTS) is 1. The topological polar surface area (TPSA) is 79.3 Å². The zero-order valence-electron chi connectivity index (χ0n) is 19.6. The van der Waals surface area contributed by atoms with Gasteiger partial charge < -0.3 is 19.5 Å². The molecule has 3 aromatic carbocycles. The van der Waals surface area contributed by atoms with Crippen molar-refractivity contribution in [1.82, 2.24) is 9.80 Å². The third-order valence-corrected chi connectivity index (χ3v) is 6.06. The average molecular weight is 475 g/mol. The van der Waals surface area contributed by atoms with Gasteiger partial charge in [-0.15, -0.1) is 0 Å². The first-order chi connectivity index (χ1) is 17.1. The van der Waals surface area contributed by atoms with Crippen LogP contribution < -0.4 is 4.74 Å². The highest BCUT2D eigenvalue weighted by Gasteiger charge is 2.30. The lowest BCUT2D eigenvalue weighted by Crippen LogP contribution is -2.55. The first kappa shape index (κ1) is 24.3. The highest BCUT2D eigenvalue weighted by atomic mass is 16.6. The Labute approximate surface area is 205 Å². The second-order valence-corrected chi connectivity index (χ2v) is 8.63. The zero-order valence-corrected chi connectivity index (χ0v) is 19.6. The van der Waals surface area contributed by atoms with E-state index < -0.39 is 12.1 Å². The fourth-order valence-corrected chi connectivity index (χ4v) is 4.25. The number of carbonyl (C=O) groups is 2. The van der Waals surface area contributed by atoms with Gasteiger partial charge in [0.15, 0.2) is 6.61 Å². The van der Waals surface area contributed by atoms with Crippen LogP contribution in [0.5, 0.6) is 5.75 Å². The Bertz CT molecular complexity index is 1090. The molecule has 7 heteroatoms. The van der Waals surface area contributed by atoms with Gasteiger partial charge in [0.25, 0.3) is 0 Å². The van der Waals surface area contributed by atoms with Crippen LogP contribution in [0.15, 0.2) is 84.9 Å². The van der Waals surface area contributed by atoms with Crippen molar-refractivity contribution in [3.63, 3.8) is 0 Å². The first-order valence-corrected chi connectivity index (χ1v) is 11.7. The van der Waals surface area contributed by atoms with E-state index in [4.69, 9.17) is 9.47 Å². The van der Waals surface area contributed by atoms with Crippen LogP contribution in [0.1, 0.15) is 16.7 Å². The molecule has 0 aliphatic carbocycles. The number of hydrogen-bond acceptors (Lipinski definition) is 5. The summed E-state index contributed by atoms with van der Waals surface area (Å²) in [6.45, 7) is 2.72. The van der Waals surface area contributed by atoms with Crippen molar-refractivity contribution in [3.05, 3.63) is 102 Å². The largest absolute Gasteiger partial charge is 0.482 e. The maximum Gasteiger partial charge on any atom is 0.407 e. The standard InChI is InChI=1S/C28H30N2O5/c31-27(35-20-24-9-5-2-6-10-24)21-34-26-13-11-22(12-14-26)17-25-19-29(15-16-30(25)28(32)33)18-23-7-3-1-4-8-23/h1-14,25H,15-21H2,(H,32,33)/t25-/m1/s1. The maximum absolute atomic E-state index is 12.0. The molecule has 35 heavy (non-hydrogen) atoms. The summed E-state index contributed by atoms with van der Waals surface area (Å²) < 4.78 is 10.8. The van der Waals surface area contributed by atoms with Gasteiger partial charge in [0.2, 0.25) is 0 Å². The van der Waals surface area contributed by atoms with Crippen LogP contribution in [-0.4, -0.2) is 59.3 Å². The van der Waals surface area contributed by atoms with Crippen molar-refractivity contribution in [2.45, 2.75) is 25.6 Å². The number of nitrogens with zero attached hydrogens (tertiary/aromatic N) is 2. The summed E-state index contributed by atoms with van der Waals surface area (Å²) in [5, 5.41) is 9.69. The van der Waals surface area contributed by atoms with Crippen molar-refractivity contribution in [2.24, 2.45) is 0 Å². The SMILES string of the molecule is O=C(COc1ccc(C[C@@H]2CN(Cc3ccccc3)CCN2C(=O)O)cc1)OCc1ccccc1. The fraction of sp³-hybridized carbons (Fsp3) is 0.286. The Balaban J connectivity index is 1.28. The quantitative estimate of drug-likeness (QED) is 0.468. The average Bonchev–Trinajstić information content (AvgIpc) is 2.88. The second kappa shape index (κ2) is 12.0. The van der Waals surface area contributed by atoms with Gasteiger partial charge in [-0.2, -0.15) is 0 Å². The van der Waals surface area contributed by atoms with Gasteiger partial charge in [0.05, 0.1) is 6.04 Å². The summed E-state index contributed by atoms with van der Waals surface area (Å²) in [7, 11) is 0. The summed E-state index contributed by atoms with van der Waals surface area (Å²) in [6.07, 6.45) is -0.278. The van der Waals surface area contributed by atoms with Crippen molar-refractivity contribution in [3.8, 4) is 5.75 Å². The third kappa shape index (κ3) is 7.32. The molecule has 0 bridgehead atoms. The molecule has 1 N–H and O–H groups in total. The summed E-state index contributed by atoms with van der Waals surface area (Å²) in [4.78, 5) is 27.6. The molecule has 0 radical (unpaired) electrons. The van der Waals surface area contributed by atoms with Crippen LogP contribution in [0.4, 0.5) is 4.79 Å². The number of piperazine rings is 1. The molecule has 182 valence electrons. The lowest BCUT2D eigenvalue weighted by molar-refractivity contribution is -0.147. The Kier molecular flexibility index (Phi) is 8.35. The maximum atomic E-state index is 12.0. The molecule has 0 spiro atoms. The summed E-state index contributed by atoms with van der Waals surface area (Å²) in [5.41, 5.74) is 3.16. The van der Waals surface area contributed by atoms with E-state index in [1.54, 1.807) is 12.1 Å². The van der Waals surface area contributed by atoms with Gasteiger partial charge >= 0.3 is 12.1 Å². The number of amides is 1. The normalized spacial score (nSPS) is 16.0. The highest BCUT2D eigenvalue weighted by Crippen LogP contribution is 2.20. The van der Waals surface area contributed by atoms with E-state index in [1.165, 1.54) is 10.5 Å². The van der Waals surface area contributed by atoms with E-state index >= 15 is 0 Å². The first-order valence-electron chi connectivity index (χ1n) is 11.7. The Hall–Kier alpha value is -3.84. The summed E-state index contributed by atoms with van der Waals surface area (Å²) in [5.74, 6) is 0.130. The molecule has 7 nitrogen and oxygen atoms in total. The molecule has 3 aromatic rings. The molecule has 0 aromatic heterocycles. The van der Waals surface area contributed by atoms with Crippen LogP contribution in [-0.2, 0) is 29.1 Å². The van der Waals surface area contributed by atoms with Gasteiger partial charge in [-0.1, -0.05) is 72.8 Å². The predicted octanol–water partition coefficient (Wildman–Crippen LogP) is 4.22.